The van der Waals surface area contributed by atoms with E-state index in [9.17, 15) is 0 Å². The van der Waals surface area contributed by atoms with E-state index in [0.29, 0.717) is 0 Å². The predicted octanol–water partition coefficient (Wildman–Crippen LogP) is 16.5. The molecule has 10 aromatic carbocycles. The number of hydrogen-bond acceptors (Lipinski definition) is 1. The third-order valence-corrected chi connectivity index (χ3v) is 14.9. The van der Waals surface area contributed by atoms with Gasteiger partial charge in [0.25, 0.3) is 0 Å². The summed E-state index contributed by atoms with van der Waals surface area (Å²) in [4.78, 5) is 2.57. The topological polar surface area (TPSA) is 18.0 Å². The largest absolute Gasteiger partial charge is 0.333 e. The molecule has 1 aliphatic carbocycles. The number of aromatic nitrogens is 3. The predicted molar refractivity (Wildman–Crippen MR) is 286 cm³/mol. The van der Waals surface area contributed by atoms with Gasteiger partial charge in [-0.2, -0.15) is 0 Å². The Morgan fingerprint density at radius 3 is 1.65 bits per heavy atom. The second-order valence-corrected chi connectivity index (χ2v) is 18.4. The lowest BCUT2D eigenvalue weighted by Crippen LogP contribution is -2.28. The van der Waals surface area contributed by atoms with Gasteiger partial charge in [0.15, 0.2) is 0 Å². The van der Waals surface area contributed by atoms with Gasteiger partial charge in [-0.15, -0.1) is 0 Å². The molecule has 0 N–H and O–H groups in total. The Morgan fingerprint density at radius 1 is 0.324 bits per heavy atom. The van der Waals surface area contributed by atoms with E-state index in [1.165, 1.54) is 104 Å². The van der Waals surface area contributed by atoms with Gasteiger partial charge < -0.3 is 18.6 Å². The van der Waals surface area contributed by atoms with Crippen molar-refractivity contribution in [1.29, 1.82) is 0 Å². The summed E-state index contributed by atoms with van der Waals surface area (Å²) in [5.74, 6) is 0.276. The Labute approximate surface area is 392 Å². The molecule has 0 spiro atoms. The number of hydrogen-bond donors (Lipinski definition) is 0. The van der Waals surface area contributed by atoms with Crippen LogP contribution in [0.15, 0.2) is 243 Å². The monoisotopic (exact) mass is 866 g/mol. The van der Waals surface area contributed by atoms with Crippen molar-refractivity contribution < 1.29 is 0 Å². The van der Waals surface area contributed by atoms with Gasteiger partial charge >= 0.3 is 0 Å². The van der Waals surface area contributed by atoms with E-state index in [0.717, 1.165) is 17.1 Å². The molecule has 13 aromatic rings. The molecular formula is C64H42N4. The van der Waals surface area contributed by atoms with Crippen molar-refractivity contribution in [1.82, 2.24) is 13.7 Å². The minimum atomic E-state index is 0.167. The molecule has 0 fully saturated rings. The zero-order valence-corrected chi connectivity index (χ0v) is 37.0. The van der Waals surface area contributed by atoms with Crippen LogP contribution in [0.25, 0.3) is 104 Å². The van der Waals surface area contributed by atoms with Crippen molar-refractivity contribution in [3.8, 4) is 28.2 Å². The van der Waals surface area contributed by atoms with Gasteiger partial charge in [-0.25, -0.2) is 0 Å². The second-order valence-electron chi connectivity index (χ2n) is 18.4. The van der Waals surface area contributed by atoms with Crippen LogP contribution in [-0.2, 0) is 0 Å². The molecule has 68 heavy (non-hydrogen) atoms. The Balaban J connectivity index is 0.998. The van der Waals surface area contributed by atoms with Gasteiger partial charge in [0.2, 0.25) is 0 Å². The zero-order valence-electron chi connectivity index (χ0n) is 37.0. The molecule has 2 atom stereocenters. The van der Waals surface area contributed by atoms with E-state index in [2.05, 4.69) is 261 Å². The lowest BCUT2D eigenvalue weighted by Gasteiger charge is -2.30. The number of nitrogens with zero attached hydrogens (tertiary/aromatic N) is 4. The molecule has 4 heteroatoms. The molecule has 4 heterocycles. The van der Waals surface area contributed by atoms with Crippen LogP contribution in [-0.4, -0.2) is 19.7 Å². The van der Waals surface area contributed by atoms with E-state index in [-0.39, 0.29) is 12.0 Å². The highest BCUT2D eigenvalue weighted by Gasteiger charge is 2.37. The fourth-order valence-electron chi connectivity index (χ4n) is 12.2. The SMILES string of the molecule is C1=CC2c3ccccc3N(c3cc(-c4ccc(-n5c6ccccc6c6c5ccc5c7ccccc7n(-c7ccccc7)c56)c5ccccc45)cc(-n4c5ccccc5c5ccccc54)c3)C2C=C1. The first-order valence-corrected chi connectivity index (χ1v) is 23.7. The van der Waals surface area contributed by atoms with Gasteiger partial charge in [0.1, 0.15) is 0 Å². The summed E-state index contributed by atoms with van der Waals surface area (Å²) in [6.07, 6.45) is 9.16. The van der Waals surface area contributed by atoms with Crippen LogP contribution < -0.4 is 4.90 Å². The fraction of sp³-hybridized carbons (Fsp3) is 0.0312. The summed E-state index contributed by atoms with van der Waals surface area (Å²) < 4.78 is 7.44. The van der Waals surface area contributed by atoms with Gasteiger partial charge in [0.05, 0.1) is 44.8 Å². The van der Waals surface area contributed by atoms with Crippen LogP contribution in [0.5, 0.6) is 0 Å². The van der Waals surface area contributed by atoms with Crippen LogP contribution in [0.2, 0.25) is 0 Å². The molecule has 1 aliphatic heterocycles. The molecule has 0 saturated heterocycles. The van der Waals surface area contributed by atoms with E-state index in [4.69, 9.17) is 0 Å². The summed E-state index contributed by atoms with van der Waals surface area (Å²) >= 11 is 0. The summed E-state index contributed by atoms with van der Waals surface area (Å²) in [6.45, 7) is 0. The van der Waals surface area contributed by atoms with Gasteiger partial charge in [-0.3, -0.25) is 0 Å². The van der Waals surface area contributed by atoms with E-state index in [1.807, 2.05) is 0 Å². The third kappa shape index (κ3) is 5.20. The summed E-state index contributed by atoms with van der Waals surface area (Å²) in [5, 5.41) is 9.92. The van der Waals surface area contributed by atoms with Crippen LogP contribution in [0.4, 0.5) is 11.4 Å². The molecule has 0 bridgehead atoms. The van der Waals surface area contributed by atoms with Crippen LogP contribution in [0.1, 0.15) is 11.5 Å². The average Bonchev–Trinajstić information content (AvgIpc) is 4.14. The first-order chi connectivity index (χ1) is 33.8. The lowest BCUT2D eigenvalue weighted by molar-refractivity contribution is 0.744. The smallest absolute Gasteiger partial charge is 0.0641 e. The normalized spacial score (nSPS) is 15.5. The summed E-state index contributed by atoms with van der Waals surface area (Å²) in [5.41, 5.74) is 16.8. The molecule has 3 aromatic heterocycles. The number of allylic oxidation sites excluding steroid dienone is 2. The quantitative estimate of drug-likeness (QED) is 0.169. The van der Waals surface area contributed by atoms with Crippen molar-refractivity contribution >= 4 is 87.6 Å². The molecule has 2 aliphatic rings. The maximum Gasteiger partial charge on any atom is 0.0641 e. The average molecular weight is 867 g/mol. The molecule has 0 amide bonds. The number of fused-ring (bicyclic) bond motifs is 14. The van der Waals surface area contributed by atoms with Crippen LogP contribution in [0.3, 0.4) is 0 Å². The van der Waals surface area contributed by atoms with Crippen molar-refractivity contribution in [2.24, 2.45) is 0 Å². The highest BCUT2D eigenvalue weighted by atomic mass is 15.2. The van der Waals surface area contributed by atoms with Gasteiger partial charge in [-0.1, -0.05) is 170 Å². The summed E-state index contributed by atoms with van der Waals surface area (Å²) in [6, 6.07) is 81.1. The Bertz CT molecular complexity index is 4240. The van der Waals surface area contributed by atoms with Gasteiger partial charge in [0, 0.05) is 66.4 Å². The minimum absolute atomic E-state index is 0.167. The highest BCUT2D eigenvalue weighted by molar-refractivity contribution is 6.26. The van der Waals surface area contributed by atoms with Crippen LogP contribution >= 0.6 is 0 Å². The lowest BCUT2D eigenvalue weighted by atomic mass is 9.91. The second kappa shape index (κ2) is 14.3. The van der Waals surface area contributed by atoms with Crippen molar-refractivity contribution in [2.45, 2.75) is 12.0 Å². The standard InChI is InChI=1S/C64H42N4/c1-2-18-42(19-3-1)67-59-32-16-10-26-52(59)53-35-37-62-63(64(53)67)54-27-11-17-33-60(54)68(62)61-36-34-45(46-20-4-5-21-47(46)61)41-38-43(65-55-28-12-6-22-48(55)49-23-7-13-29-56(49)65)40-44(39-41)66-57-30-14-8-24-50(57)51-25-9-15-31-58(51)66/h1-40,48,55H. The first-order valence-electron chi connectivity index (χ1n) is 23.7. The number of para-hydroxylation sites is 6. The third-order valence-electron chi connectivity index (χ3n) is 14.9. The maximum absolute atomic E-state index is 2.57. The van der Waals surface area contributed by atoms with Crippen molar-refractivity contribution in [2.75, 3.05) is 4.90 Å². The number of anilines is 2. The summed E-state index contributed by atoms with van der Waals surface area (Å²) in [7, 11) is 0. The Hall–Kier alpha value is -8.86. The first kappa shape index (κ1) is 37.4. The highest BCUT2D eigenvalue weighted by Crippen LogP contribution is 2.50. The molecule has 4 nitrogen and oxygen atoms in total. The van der Waals surface area contributed by atoms with E-state index >= 15 is 0 Å². The number of benzene rings is 10. The van der Waals surface area contributed by atoms with E-state index < -0.39 is 0 Å². The maximum atomic E-state index is 2.57. The molecular weight excluding hydrogens is 825 g/mol. The molecule has 0 saturated carbocycles. The molecule has 15 rings (SSSR count). The fourth-order valence-corrected chi connectivity index (χ4v) is 12.2. The number of rotatable bonds is 5. The van der Waals surface area contributed by atoms with Crippen molar-refractivity contribution in [3.63, 3.8) is 0 Å². The molecule has 2 unspecified atom stereocenters. The minimum Gasteiger partial charge on any atom is -0.333 e. The van der Waals surface area contributed by atoms with E-state index in [1.54, 1.807) is 0 Å². The molecule has 0 radical (unpaired) electrons. The van der Waals surface area contributed by atoms with Crippen molar-refractivity contribution in [3.05, 3.63) is 248 Å². The Kier molecular flexibility index (Phi) is 7.87. The Morgan fingerprint density at radius 2 is 0.897 bits per heavy atom. The van der Waals surface area contributed by atoms with Gasteiger partial charge in [-0.05, 0) is 94.9 Å². The van der Waals surface area contributed by atoms with Crippen LogP contribution in [0, 0.1) is 0 Å². The molecule has 318 valence electrons. The zero-order chi connectivity index (χ0) is 44.5.